The molecule has 0 radical (unpaired) electrons. The van der Waals surface area contributed by atoms with E-state index in [0.717, 1.165) is 5.57 Å². The van der Waals surface area contributed by atoms with Crippen molar-refractivity contribution >= 4 is 29.1 Å². The fourth-order valence-electron chi connectivity index (χ4n) is 1.08. The molecule has 88 valence electrons. The van der Waals surface area contributed by atoms with E-state index in [4.69, 9.17) is 11.6 Å². The lowest BCUT2D eigenvalue weighted by molar-refractivity contribution is 0.252. The van der Waals surface area contributed by atoms with E-state index in [0.29, 0.717) is 28.9 Å². The number of thioether (sulfide) groups is 1. The number of benzene rings is 1. The Labute approximate surface area is 103 Å². The Bertz CT molecular complexity index is 369. The molecule has 1 aromatic carbocycles. The summed E-state index contributed by atoms with van der Waals surface area (Å²) in [6.07, 6.45) is 0. The summed E-state index contributed by atoms with van der Waals surface area (Å²) >= 11 is 6.05. The first-order valence-corrected chi connectivity index (χ1v) is 5.98. The topological polar surface area (TPSA) is 12.0 Å². The summed E-state index contributed by atoms with van der Waals surface area (Å²) in [6, 6.07) is 6.98. The normalized spacial score (nSPS) is 11.9. The predicted octanol–water partition coefficient (Wildman–Crippen LogP) is 4.56. The molecule has 0 saturated heterocycles. The van der Waals surface area contributed by atoms with E-state index in [-0.39, 0.29) is 0 Å². The number of alkyl halides is 2. The van der Waals surface area contributed by atoms with Gasteiger partial charge in [0.15, 0.2) is 0 Å². The molecule has 1 aromatic rings. The van der Waals surface area contributed by atoms with Crippen LogP contribution in [0.15, 0.2) is 40.3 Å². The average Bonchev–Trinajstić information content (AvgIpc) is 2.26. The van der Waals surface area contributed by atoms with Crippen molar-refractivity contribution in [2.45, 2.75) is 17.6 Å². The van der Waals surface area contributed by atoms with E-state index in [1.807, 2.05) is 6.92 Å². The van der Waals surface area contributed by atoms with Crippen LogP contribution in [-0.4, -0.2) is 12.3 Å². The first-order chi connectivity index (χ1) is 7.63. The number of hydrogen-bond acceptors (Lipinski definition) is 2. The largest absolute Gasteiger partial charge is 0.380 e. The zero-order valence-corrected chi connectivity index (χ0v) is 10.3. The van der Waals surface area contributed by atoms with Crippen molar-refractivity contribution in [1.29, 1.82) is 0 Å². The highest BCUT2D eigenvalue weighted by atomic mass is 35.5. The lowest BCUT2D eigenvalue weighted by Crippen LogP contribution is -2.03. The summed E-state index contributed by atoms with van der Waals surface area (Å²) in [4.78, 5) is 0.542. The van der Waals surface area contributed by atoms with Crippen molar-refractivity contribution in [2.24, 2.45) is 0 Å². The smallest absolute Gasteiger partial charge is 0.288 e. The molecule has 0 atom stereocenters. The summed E-state index contributed by atoms with van der Waals surface area (Å²) in [7, 11) is 0. The molecule has 16 heavy (non-hydrogen) atoms. The highest BCUT2D eigenvalue weighted by Crippen LogP contribution is 2.31. The fraction of sp³-hybridized carbons (Fsp3) is 0.273. The number of hydrogen-bond donors (Lipinski definition) is 1. The predicted molar refractivity (Wildman–Crippen MR) is 66.4 cm³/mol. The molecule has 0 saturated carbocycles. The van der Waals surface area contributed by atoms with Crippen LogP contribution in [0, 0.1) is 0 Å². The maximum Gasteiger partial charge on any atom is 0.288 e. The Balaban J connectivity index is 2.71. The summed E-state index contributed by atoms with van der Waals surface area (Å²) in [5.74, 6) is -2.41. The second-order valence-corrected chi connectivity index (χ2v) is 4.43. The third kappa shape index (κ3) is 4.41. The van der Waals surface area contributed by atoms with Crippen LogP contribution < -0.4 is 5.32 Å². The summed E-state index contributed by atoms with van der Waals surface area (Å²) < 4.78 is 24.5. The fourth-order valence-corrected chi connectivity index (χ4v) is 1.78. The third-order valence-corrected chi connectivity index (χ3v) is 3.01. The molecule has 0 fully saturated rings. The molecule has 0 heterocycles. The molecule has 0 aliphatic carbocycles. The van der Waals surface area contributed by atoms with Gasteiger partial charge in [-0.05, 0) is 24.6 Å². The van der Waals surface area contributed by atoms with Gasteiger partial charge in [0.1, 0.15) is 0 Å². The number of nitrogens with one attached hydrogen (secondary N) is 1. The van der Waals surface area contributed by atoms with Gasteiger partial charge in [-0.15, -0.1) is 0 Å². The second-order valence-electron chi connectivity index (χ2n) is 3.18. The van der Waals surface area contributed by atoms with E-state index in [1.165, 1.54) is 5.54 Å². The Hall–Kier alpha value is -0.740. The summed E-state index contributed by atoms with van der Waals surface area (Å²) in [6.45, 7) is 2.41. The summed E-state index contributed by atoms with van der Waals surface area (Å²) in [5.41, 5.74) is 3.11. The van der Waals surface area contributed by atoms with Gasteiger partial charge in [0.2, 0.25) is 0 Å². The Kier molecular flexibility index (Phi) is 5.63. The van der Waals surface area contributed by atoms with Gasteiger partial charge in [-0.2, -0.15) is 8.78 Å². The van der Waals surface area contributed by atoms with Crippen LogP contribution >= 0.6 is 23.4 Å². The van der Waals surface area contributed by atoms with Crippen molar-refractivity contribution in [2.75, 3.05) is 11.9 Å². The standard InChI is InChI=1S/C11H12ClF2NS/c1-8(6-12)7-15-9-4-2-3-5-10(9)16-11(13)14/h2-6,11,15H,7H2,1H3/b8-6-. The van der Waals surface area contributed by atoms with Gasteiger partial charge in [-0.3, -0.25) is 0 Å². The average molecular weight is 264 g/mol. The third-order valence-electron chi connectivity index (χ3n) is 1.85. The second kappa shape index (κ2) is 6.76. The van der Waals surface area contributed by atoms with E-state index in [9.17, 15) is 8.78 Å². The number of rotatable bonds is 5. The van der Waals surface area contributed by atoms with Crippen LogP contribution in [0.4, 0.5) is 14.5 Å². The van der Waals surface area contributed by atoms with Crippen LogP contribution in [0.3, 0.4) is 0 Å². The molecule has 0 aliphatic heterocycles. The van der Waals surface area contributed by atoms with Crippen molar-refractivity contribution in [3.8, 4) is 0 Å². The van der Waals surface area contributed by atoms with E-state index in [1.54, 1.807) is 24.3 Å². The molecule has 0 spiro atoms. The lowest BCUT2D eigenvalue weighted by atomic mass is 10.3. The van der Waals surface area contributed by atoms with Crippen LogP contribution in [-0.2, 0) is 0 Å². The zero-order chi connectivity index (χ0) is 12.0. The van der Waals surface area contributed by atoms with Gasteiger partial charge in [0.05, 0.1) is 0 Å². The van der Waals surface area contributed by atoms with Crippen LogP contribution in [0.1, 0.15) is 6.92 Å². The molecule has 0 bridgehead atoms. The molecule has 0 aliphatic rings. The minimum Gasteiger partial charge on any atom is -0.380 e. The molecule has 5 heteroatoms. The van der Waals surface area contributed by atoms with Crippen molar-refractivity contribution < 1.29 is 8.78 Å². The van der Waals surface area contributed by atoms with Crippen molar-refractivity contribution in [1.82, 2.24) is 0 Å². The monoisotopic (exact) mass is 263 g/mol. The van der Waals surface area contributed by atoms with E-state index in [2.05, 4.69) is 5.32 Å². The molecule has 0 unspecified atom stereocenters. The Morgan fingerprint density at radius 1 is 1.50 bits per heavy atom. The van der Waals surface area contributed by atoms with Crippen molar-refractivity contribution in [3.63, 3.8) is 0 Å². The molecule has 1 rings (SSSR count). The highest BCUT2D eigenvalue weighted by molar-refractivity contribution is 7.99. The SMILES string of the molecule is C/C(=C/Cl)CNc1ccccc1SC(F)F. The number of para-hydroxylation sites is 1. The first kappa shape index (κ1) is 13.3. The van der Waals surface area contributed by atoms with E-state index >= 15 is 0 Å². The minimum atomic E-state index is -2.41. The lowest BCUT2D eigenvalue weighted by Gasteiger charge is -2.11. The Morgan fingerprint density at radius 2 is 2.19 bits per heavy atom. The van der Waals surface area contributed by atoms with Gasteiger partial charge in [0, 0.05) is 22.7 Å². The molecular formula is C11H12ClF2NS. The first-order valence-electron chi connectivity index (χ1n) is 4.67. The van der Waals surface area contributed by atoms with Crippen molar-refractivity contribution in [3.05, 3.63) is 35.4 Å². The van der Waals surface area contributed by atoms with Crippen LogP contribution in [0.5, 0.6) is 0 Å². The van der Waals surface area contributed by atoms with Gasteiger partial charge in [-0.25, -0.2) is 0 Å². The van der Waals surface area contributed by atoms with Gasteiger partial charge in [0.25, 0.3) is 5.76 Å². The molecule has 1 N–H and O–H groups in total. The van der Waals surface area contributed by atoms with Gasteiger partial charge >= 0.3 is 0 Å². The Morgan fingerprint density at radius 3 is 2.81 bits per heavy atom. The molecule has 1 nitrogen and oxygen atoms in total. The maximum atomic E-state index is 12.3. The quantitative estimate of drug-likeness (QED) is 0.782. The van der Waals surface area contributed by atoms with Gasteiger partial charge in [-0.1, -0.05) is 35.5 Å². The summed E-state index contributed by atoms with van der Waals surface area (Å²) in [5, 5.41) is 3.06. The van der Waals surface area contributed by atoms with Crippen LogP contribution in [0.2, 0.25) is 0 Å². The van der Waals surface area contributed by atoms with Gasteiger partial charge < -0.3 is 5.32 Å². The zero-order valence-electron chi connectivity index (χ0n) is 8.71. The molecule has 0 aromatic heterocycles. The van der Waals surface area contributed by atoms with Crippen LogP contribution in [0.25, 0.3) is 0 Å². The molecule has 0 amide bonds. The van der Waals surface area contributed by atoms with E-state index < -0.39 is 5.76 Å². The molecular weight excluding hydrogens is 252 g/mol. The highest BCUT2D eigenvalue weighted by Gasteiger charge is 2.08. The number of anilines is 1. The minimum absolute atomic E-state index is 0.536. The number of halogens is 3. The maximum absolute atomic E-state index is 12.3.